The fourth-order valence-corrected chi connectivity index (χ4v) is 3.51. The van der Waals surface area contributed by atoms with Gasteiger partial charge in [-0.1, -0.05) is 0 Å². The quantitative estimate of drug-likeness (QED) is 0.851. The first-order valence-corrected chi connectivity index (χ1v) is 8.77. The van der Waals surface area contributed by atoms with E-state index in [1.54, 1.807) is 4.90 Å². The molecular formula is C18H24ClF3N2O2. The topological polar surface area (TPSA) is 41.6 Å². The van der Waals surface area contributed by atoms with Crippen molar-refractivity contribution >= 4 is 18.3 Å². The Morgan fingerprint density at radius 3 is 2.46 bits per heavy atom. The second-order valence-electron chi connectivity index (χ2n) is 6.65. The number of piperidine rings is 1. The molecule has 146 valence electrons. The minimum Gasteiger partial charge on any atom is -0.483 e. The van der Waals surface area contributed by atoms with Crippen LogP contribution in [0.4, 0.5) is 13.2 Å². The number of nitrogens with one attached hydrogen (secondary N) is 1. The summed E-state index contributed by atoms with van der Waals surface area (Å²) < 4.78 is 44.9. The molecule has 0 aromatic heterocycles. The van der Waals surface area contributed by atoms with Crippen molar-refractivity contribution < 1.29 is 22.7 Å². The number of likely N-dealkylation sites (tertiary alicyclic amines) is 1. The Morgan fingerprint density at radius 2 is 1.85 bits per heavy atom. The number of carbonyl (C=O) groups is 1. The van der Waals surface area contributed by atoms with Crippen molar-refractivity contribution in [1.82, 2.24) is 10.2 Å². The molecule has 1 aromatic rings. The summed E-state index contributed by atoms with van der Waals surface area (Å²) in [6, 6.07) is 3.57. The third-order valence-corrected chi connectivity index (χ3v) is 4.93. The molecular weight excluding hydrogens is 369 g/mol. The van der Waals surface area contributed by atoms with Crippen molar-refractivity contribution in [3.63, 3.8) is 0 Å². The molecule has 1 amide bonds. The Kier molecular flexibility index (Phi) is 7.17. The predicted octanol–water partition coefficient (Wildman–Crippen LogP) is 3.60. The van der Waals surface area contributed by atoms with E-state index < -0.39 is 11.7 Å². The van der Waals surface area contributed by atoms with Gasteiger partial charge in [0.25, 0.3) is 5.91 Å². The molecule has 8 heteroatoms. The molecule has 26 heavy (non-hydrogen) atoms. The van der Waals surface area contributed by atoms with E-state index in [0.29, 0.717) is 11.3 Å². The number of hydrogen-bond donors (Lipinski definition) is 1. The standard InChI is InChI=1S/C18H23F3N2O2.ClH/c19-18(20,21)14-3-4-16(15(11-14)13-5-7-22-8-6-13)25-12-17(24)23-9-1-2-10-23;/h3-4,11,13,22H,1-2,5-10,12H2;1H. The highest BCUT2D eigenvalue weighted by Gasteiger charge is 2.32. The van der Waals surface area contributed by atoms with Crippen LogP contribution in [-0.4, -0.2) is 43.6 Å². The highest BCUT2D eigenvalue weighted by Crippen LogP contribution is 2.38. The zero-order chi connectivity index (χ0) is 17.9. The van der Waals surface area contributed by atoms with Gasteiger partial charge in [-0.3, -0.25) is 4.79 Å². The molecule has 2 aliphatic heterocycles. The lowest BCUT2D eigenvalue weighted by Gasteiger charge is -2.26. The van der Waals surface area contributed by atoms with Gasteiger partial charge in [0.15, 0.2) is 6.61 Å². The van der Waals surface area contributed by atoms with Gasteiger partial charge in [-0.15, -0.1) is 12.4 Å². The predicted molar refractivity (Wildman–Crippen MR) is 94.8 cm³/mol. The van der Waals surface area contributed by atoms with Crippen LogP contribution >= 0.6 is 12.4 Å². The summed E-state index contributed by atoms with van der Waals surface area (Å²) in [5, 5.41) is 3.21. The number of halogens is 4. The lowest BCUT2D eigenvalue weighted by Crippen LogP contribution is -2.32. The van der Waals surface area contributed by atoms with Crippen LogP contribution in [0.1, 0.15) is 42.7 Å². The maximum Gasteiger partial charge on any atom is 0.416 e. The van der Waals surface area contributed by atoms with E-state index in [1.165, 1.54) is 12.1 Å². The summed E-state index contributed by atoms with van der Waals surface area (Å²) in [6.07, 6.45) is -0.875. The maximum absolute atomic E-state index is 13.1. The second kappa shape index (κ2) is 8.95. The molecule has 0 atom stereocenters. The van der Waals surface area contributed by atoms with E-state index in [9.17, 15) is 18.0 Å². The summed E-state index contributed by atoms with van der Waals surface area (Å²) in [5.41, 5.74) is -0.107. The molecule has 0 bridgehead atoms. The fraction of sp³-hybridized carbons (Fsp3) is 0.611. The average molecular weight is 393 g/mol. The van der Waals surface area contributed by atoms with Gasteiger partial charge in [-0.25, -0.2) is 0 Å². The minimum atomic E-state index is -4.38. The number of ether oxygens (including phenoxy) is 1. The molecule has 4 nitrogen and oxygen atoms in total. The number of benzene rings is 1. The SMILES string of the molecule is Cl.O=C(COc1ccc(C(F)(F)F)cc1C1CCNCC1)N1CCCC1. The zero-order valence-electron chi connectivity index (χ0n) is 14.5. The highest BCUT2D eigenvalue weighted by atomic mass is 35.5. The third-order valence-electron chi connectivity index (χ3n) is 4.93. The van der Waals surface area contributed by atoms with Crippen LogP contribution in [0.5, 0.6) is 5.75 Å². The van der Waals surface area contributed by atoms with Crippen molar-refractivity contribution in [2.24, 2.45) is 0 Å². The van der Waals surface area contributed by atoms with Gasteiger partial charge < -0.3 is 15.0 Å². The summed E-state index contributed by atoms with van der Waals surface area (Å²) in [7, 11) is 0. The monoisotopic (exact) mass is 392 g/mol. The van der Waals surface area contributed by atoms with Crippen LogP contribution in [-0.2, 0) is 11.0 Å². The first-order valence-electron chi connectivity index (χ1n) is 8.77. The summed E-state index contributed by atoms with van der Waals surface area (Å²) in [6.45, 7) is 2.89. The van der Waals surface area contributed by atoms with Gasteiger partial charge in [0.05, 0.1) is 5.56 Å². The zero-order valence-corrected chi connectivity index (χ0v) is 15.3. The van der Waals surface area contributed by atoms with E-state index in [4.69, 9.17) is 4.74 Å². The molecule has 0 radical (unpaired) electrons. The fourth-order valence-electron chi connectivity index (χ4n) is 3.51. The number of nitrogens with zero attached hydrogens (tertiary/aromatic N) is 1. The highest BCUT2D eigenvalue weighted by molar-refractivity contribution is 5.85. The number of amides is 1. The Labute approximate surface area is 157 Å². The normalized spacial score (nSPS) is 18.5. The van der Waals surface area contributed by atoms with E-state index >= 15 is 0 Å². The average Bonchev–Trinajstić information content (AvgIpc) is 3.14. The van der Waals surface area contributed by atoms with Crippen LogP contribution in [0.15, 0.2) is 18.2 Å². The molecule has 1 N–H and O–H groups in total. The number of rotatable bonds is 4. The van der Waals surface area contributed by atoms with E-state index in [0.717, 1.165) is 57.9 Å². The van der Waals surface area contributed by atoms with Gasteiger partial charge in [-0.05, 0) is 68.5 Å². The van der Waals surface area contributed by atoms with Crippen LogP contribution in [0, 0.1) is 0 Å². The van der Waals surface area contributed by atoms with E-state index in [2.05, 4.69) is 5.32 Å². The molecule has 0 saturated carbocycles. The van der Waals surface area contributed by atoms with Crippen LogP contribution in [0.2, 0.25) is 0 Å². The molecule has 2 fully saturated rings. The largest absolute Gasteiger partial charge is 0.483 e. The Hall–Kier alpha value is -1.47. The second-order valence-corrected chi connectivity index (χ2v) is 6.65. The first-order chi connectivity index (χ1) is 11.9. The number of alkyl halides is 3. The van der Waals surface area contributed by atoms with Crippen molar-refractivity contribution in [2.45, 2.75) is 37.8 Å². The molecule has 0 aliphatic carbocycles. The molecule has 3 rings (SSSR count). The van der Waals surface area contributed by atoms with Crippen LogP contribution in [0.25, 0.3) is 0 Å². The Bertz CT molecular complexity index is 613. The summed E-state index contributed by atoms with van der Waals surface area (Å²) >= 11 is 0. The van der Waals surface area contributed by atoms with Crippen molar-refractivity contribution in [3.8, 4) is 5.75 Å². The summed E-state index contributed by atoms with van der Waals surface area (Å²) in [5.74, 6) is 0.307. The minimum absolute atomic E-state index is 0. The molecule has 0 unspecified atom stereocenters. The Balaban J connectivity index is 0.00000243. The van der Waals surface area contributed by atoms with Crippen LogP contribution in [0.3, 0.4) is 0 Å². The third kappa shape index (κ3) is 5.04. The Morgan fingerprint density at radius 1 is 1.19 bits per heavy atom. The lowest BCUT2D eigenvalue weighted by atomic mass is 9.88. The molecule has 0 spiro atoms. The lowest BCUT2D eigenvalue weighted by molar-refractivity contribution is -0.137. The van der Waals surface area contributed by atoms with Gasteiger partial charge >= 0.3 is 6.18 Å². The van der Waals surface area contributed by atoms with Gasteiger partial charge in [0, 0.05) is 13.1 Å². The molecule has 1 aromatic carbocycles. The van der Waals surface area contributed by atoms with Crippen molar-refractivity contribution in [1.29, 1.82) is 0 Å². The van der Waals surface area contributed by atoms with E-state index in [1.807, 2.05) is 0 Å². The first kappa shape index (κ1) is 20.8. The van der Waals surface area contributed by atoms with Gasteiger partial charge in [-0.2, -0.15) is 13.2 Å². The maximum atomic E-state index is 13.1. The molecule has 2 aliphatic rings. The molecule has 2 heterocycles. The van der Waals surface area contributed by atoms with Crippen LogP contribution < -0.4 is 10.1 Å². The van der Waals surface area contributed by atoms with Gasteiger partial charge in [0.1, 0.15) is 5.75 Å². The molecule has 2 saturated heterocycles. The van der Waals surface area contributed by atoms with Crippen molar-refractivity contribution in [3.05, 3.63) is 29.3 Å². The van der Waals surface area contributed by atoms with E-state index in [-0.39, 0.29) is 30.8 Å². The number of carbonyl (C=O) groups excluding carboxylic acids is 1. The van der Waals surface area contributed by atoms with Gasteiger partial charge in [0.2, 0.25) is 0 Å². The summed E-state index contributed by atoms with van der Waals surface area (Å²) in [4.78, 5) is 13.9. The number of hydrogen-bond acceptors (Lipinski definition) is 3. The van der Waals surface area contributed by atoms with Crippen molar-refractivity contribution in [2.75, 3.05) is 32.8 Å². The smallest absolute Gasteiger partial charge is 0.416 e.